The molecule has 238 valence electrons. The van der Waals surface area contributed by atoms with E-state index in [9.17, 15) is 65.8 Å². The van der Waals surface area contributed by atoms with Crippen LogP contribution < -0.4 is 29.6 Å². The maximum atomic E-state index is 13.7. The summed E-state index contributed by atoms with van der Waals surface area (Å²) in [4.78, 5) is 27.0. The van der Waals surface area contributed by atoms with Crippen molar-refractivity contribution in [1.82, 2.24) is 0 Å². The van der Waals surface area contributed by atoms with Crippen molar-refractivity contribution in [1.29, 1.82) is 0 Å². The molecule has 0 radical (unpaired) electrons. The number of benzene rings is 1. The van der Waals surface area contributed by atoms with E-state index < -0.39 is 108 Å². The number of aromatic hydroxyl groups is 1. The first-order chi connectivity index (χ1) is 19.8. The fraction of sp³-hybridized carbons (Fsp3) is 0.481. The molecular formula is C27H32NaO16-. The van der Waals surface area contributed by atoms with E-state index in [0.29, 0.717) is 5.56 Å². The first-order valence-electron chi connectivity index (χ1n) is 12.7. The summed E-state index contributed by atoms with van der Waals surface area (Å²) in [5, 5.41) is 114. The first kappa shape index (κ1) is 38.1. The van der Waals surface area contributed by atoms with Crippen molar-refractivity contribution in [2.24, 2.45) is 0 Å². The van der Waals surface area contributed by atoms with E-state index >= 15 is 0 Å². The summed E-state index contributed by atoms with van der Waals surface area (Å²) >= 11 is 0. The summed E-state index contributed by atoms with van der Waals surface area (Å²) in [6.45, 7) is -1.84. The van der Waals surface area contributed by atoms with Crippen LogP contribution in [0.2, 0.25) is 0 Å². The first-order valence-corrected chi connectivity index (χ1v) is 12.7. The third-order valence-electron chi connectivity index (χ3n) is 7.44. The summed E-state index contributed by atoms with van der Waals surface area (Å²) in [7, 11) is 0. The van der Waals surface area contributed by atoms with Gasteiger partial charge in [-0.2, -0.15) is 0 Å². The van der Waals surface area contributed by atoms with E-state index in [1.54, 1.807) is 0 Å². The van der Waals surface area contributed by atoms with Gasteiger partial charge >= 0.3 is 29.6 Å². The largest absolute Gasteiger partial charge is 1.00 e. The Kier molecular flexibility index (Phi) is 13.0. The number of aliphatic hydroxyl groups excluding tert-OH is 9. The third-order valence-corrected chi connectivity index (χ3v) is 7.44. The van der Waals surface area contributed by atoms with Gasteiger partial charge in [0.15, 0.2) is 11.6 Å². The minimum Gasteiger partial charge on any atom is -0.870 e. The minimum atomic E-state index is -3.24. The van der Waals surface area contributed by atoms with Gasteiger partial charge in [0.1, 0.15) is 66.3 Å². The van der Waals surface area contributed by atoms with E-state index in [4.69, 9.17) is 9.47 Å². The molecule has 4 rings (SSSR count). The van der Waals surface area contributed by atoms with Crippen LogP contribution in [-0.2, 0) is 19.1 Å². The zero-order chi connectivity index (χ0) is 31.1. The van der Waals surface area contributed by atoms with E-state index in [2.05, 4.69) is 6.08 Å². The van der Waals surface area contributed by atoms with E-state index in [1.807, 2.05) is 0 Å². The van der Waals surface area contributed by atoms with Crippen LogP contribution in [0.5, 0.6) is 5.75 Å². The number of hydrogen-bond donors (Lipinski definition) is 11. The van der Waals surface area contributed by atoms with Gasteiger partial charge in [-0.3, -0.25) is 9.59 Å². The Morgan fingerprint density at radius 2 is 1.36 bits per heavy atom. The molecule has 44 heavy (non-hydrogen) atoms. The Morgan fingerprint density at radius 1 is 0.841 bits per heavy atom. The molecule has 3 aliphatic rings. The number of hydrogen-bond acceptors (Lipinski definition) is 16. The van der Waals surface area contributed by atoms with Gasteiger partial charge in [-0.15, -0.1) is 5.57 Å². The Balaban J connectivity index is 0.00000337. The second-order valence-corrected chi connectivity index (χ2v) is 10.1. The van der Waals surface area contributed by atoms with Crippen LogP contribution in [0, 0.1) is 6.08 Å². The molecule has 2 fully saturated rings. The summed E-state index contributed by atoms with van der Waals surface area (Å²) < 4.78 is 10.8. The second-order valence-electron chi connectivity index (χ2n) is 10.1. The van der Waals surface area contributed by atoms with Crippen molar-refractivity contribution in [3.63, 3.8) is 0 Å². The van der Waals surface area contributed by atoms with Crippen molar-refractivity contribution in [3.8, 4) is 5.75 Å². The SMILES string of the molecule is O=C(/C=C/c1ccc(O)cc1)C1=C(O)C(C2OC(CO)C(O)C(O)C2O)=[C-]C(O)(C2OC(CO)C(O)C(O)C2O)C1=O.[Na+].[OH-]. The van der Waals surface area contributed by atoms with Crippen LogP contribution in [0.25, 0.3) is 6.08 Å². The number of carbonyl (C=O) groups is 2. The Morgan fingerprint density at radius 3 is 1.91 bits per heavy atom. The predicted molar refractivity (Wildman–Crippen MR) is 138 cm³/mol. The van der Waals surface area contributed by atoms with Crippen LogP contribution in [0.4, 0.5) is 0 Å². The molecule has 1 aromatic carbocycles. The van der Waals surface area contributed by atoms with Crippen LogP contribution in [0.1, 0.15) is 5.56 Å². The van der Waals surface area contributed by atoms with Crippen molar-refractivity contribution in [2.45, 2.75) is 66.6 Å². The maximum absolute atomic E-state index is 13.7. The Hall–Kier alpha value is -2.10. The average molecular weight is 636 g/mol. The minimum absolute atomic E-state index is 0. The van der Waals surface area contributed by atoms with E-state index in [1.165, 1.54) is 30.3 Å². The number of ketones is 2. The molecule has 12 N–H and O–H groups in total. The number of rotatable bonds is 7. The number of Topliss-reactive ketones (excluding diaryl/α,β-unsaturated/α-hetero) is 1. The van der Waals surface area contributed by atoms with Crippen LogP contribution in [0.3, 0.4) is 0 Å². The van der Waals surface area contributed by atoms with Crippen molar-refractivity contribution in [2.75, 3.05) is 13.2 Å². The van der Waals surface area contributed by atoms with Crippen LogP contribution in [-0.4, -0.2) is 153 Å². The molecule has 1 aromatic rings. The number of phenols is 1. The molecule has 2 heterocycles. The molecule has 11 atom stereocenters. The molecule has 0 bridgehead atoms. The number of aliphatic hydroxyl groups is 10. The monoisotopic (exact) mass is 635 g/mol. The zero-order valence-electron chi connectivity index (χ0n) is 23.2. The summed E-state index contributed by atoms with van der Waals surface area (Å²) in [5.74, 6) is -4.08. The number of allylic oxidation sites excluding steroid dienone is 1. The Labute approximate surface area is 271 Å². The standard InChI is InChI=1S/C27H31O15.Na.H2O/c28-8-14-18(33)20(35)22(37)24(41-14)12-7-27(40,26-23(38)21(36)19(34)15(9-29)42-26)25(39)16(17(12)32)13(31)6-3-10-1-4-11(30)5-2-10;;/h1-6,14-15,18-24,26,28-30,32-38,40H,8-9H2;;1H2/q-1;+1;/p-1/b6-3+;;. The fourth-order valence-electron chi connectivity index (χ4n) is 5.02. The molecule has 0 amide bonds. The van der Waals surface area contributed by atoms with Gasteiger partial charge in [0.2, 0.25) is 0 Å². The summed E-state index contributed by atoms with van der Waals surface area (Å²) in [6.07, 6.45) is -15.3. The molecule has 16 nitrogen and oxygen atoms in total. The van der Waals surface area contributed by atoms with Gasteiger partial charge in [0.25, 0.3) is 0 Å². The second kappa shape index (κ2) is 15.0. The molecule has 2 aliphatic heterocycles. The number of phenolic OH excluding ortho intramolecular Hbond substituents is 1. The van der Waals surface area contributed by atoms with Gasteiger partial charge < -0.3 is 71.1 Å². The third kappa shape index (κ3) is 6.85. The van der Waals surface area contributed by atoms with E-state index in [-0.39, 0.29) is 40.8 Å². The number of carbonyl (C=O) groups excluding carboxylic acids is 2. The van der Waals surface area contributed by atoms with Crippen molar-refractivity contribution in [3.05, 3.63) is 58.9 Å². The van der Waals surface area contributed by atoms with Gasteiger partial charge in [0, 0.05) is 5.57 Å². The van der Waals surface area contributed by atoms with Gasteiger partial charge in [-0.1, -0.05) is 18.2 Å². The molecule has 0 spiro atoms. The smallest absolute Gasteiger partial charge is 0.870 e. The molecular weight excluding hydrogens is 603 g/mol. The maximum Gasteiger partial charge on any atom is 1.00 e. The molecule has 2 saturated heterocycles. The number of ether oxygens (including phenoxy) is 2. The molecule has 17 heteroatoms. The molecule has 0 saturated carbocycles. The van der Waals surface area contributed by atoms with Crippen molar-refractivity contribution >= 4 is 17.6 Å². The summed E-state index contributed by atoms with van der Waals surface area (Å²) in [6, 6.07) is 5.43. The topological polar surface area (TPSA) is 305 Å². The van der Waals surface area contributed by atoms with Crippen LogP contribution >= 0.6 is 0 Å². The predicted octanol–water partition coefficient (Wildman–Crippen LogP) is -7.66. The van der Waals surface area contributed by atoms with Crippen LogP contribution in [0.15, 0.2) is 47.2 Å². The van der Waals surface area contributed by atoms with E-state index in [0.717, 1.165) is 6.08 Å². The summed E-state index contributed by atoms with van der Waals surface area (Å²) in [5.41, 5.74) is -4.82. The van der Waals surface area contributed by atoms with Crippen molar-refractivity contribution < 1.29 is 110 Å². The average Bonchev–Trinajstić information content (AvgIpc) is 2.97. The molecule has 1 aliphatic carbocycles. The molecule has 11 unspecified atom stereocenters. The zero-order valence-corrected chi connectivity index (χ0v) is 25.2. The Bertz CT molecular complexity index is 1280. The quantitative estimate of drug-likeness (QED) is 0.0574. The fourth-order valence-corrected chi connectivity index (χ4v) is 5.02. The van der Waals surface area contributed by atoms with Gasteiger partial charge in [-0.05, 0) is 29.5 Å². The molecule has 0 aromatic heterocycles. The van der Waals surface area contributed by atoms with Gasteiger partial charge in [0.05, 0.1) is 19.3 Å². The van der Waals surface area contributed by atoms with Gasteiger partial charge in [-0.25, -0.2) is 6.08 Å². The normalized spacial score (nSPS) is 37.7.